The van der Waals surface area contributed by atoms with Crippen molar-refractivity contribution >= 4 is 24.0 Å². The highest BCUT2D eigenvalue weighted by Gasteiger charge is 2.30. The first kappa shape index (κ1) is 28.5. The molecule has 1 heterocycles. The minimum absolute atomic E-state index is 0.0287. The Morgan fingerprint density at radius 1 is 0.818 bits per heavy atom. The van der Waals surface area contributed by atoms with Gasteiger partial charge in [0, 0.05) is 39.3 Å². The number of urea groups is 2. The third kappa shape index (κ3) is 9.07. The summed E-state index contributed by atoms with van der Waals surface area (Å²) in [7, 11) is 2.62. The Labute approximate surface area is 196 Å². The Kier molecular flexibility index (Phi) is 12.6. The van der Waals surface area contributed by atoms with E-state index in [1.807, 2.05) is 27.7 Å². The summed E-state index contributed by atoms with van der Waals surface area (Å²) >= 11 is 0. The number of hydrogen-bond acceptors (Lipinski definition) is 7. The van der Waals surface area contributed by atoms with Crippen LogP contribution in [0.1, 0.15) is 40.5 Å². The van der Waals surface area contributed by atoms with Crippen molar-refractivity contribution in [2.75, 3.05) is 53.5 Å². The van der Waals surface area contributed by atoms with Gasteiger partial charge >= 0.3 is 24.0 Å². The van der Waals surface area contributed by atoms with Gasteiger partial charge in [0.2, 0.25) is 0 Å². The lowest BCUT2D eigenvalue weighted by Gasteiger charge is -2.35. The lowest BCUT2D eigenvalue weighted by Crippen LogP contribution is -2.56. The van der Waals surface area contributed by atoms with E-state index < -0.39 is 30.1 Å². The Balaban J connectivity index is 2.42. The monoisotopic (exact) mass is 471 g/mol. The minimum Gasteiger partial charge on any atom is -0.467 e. The molecule has 1 saturated heterocycles. The number of carbonyl (C=O) groups is 4. The average Bonchev–Trinajstić information content (AvgIpc) is 2.84. The first-order valence-electron chi connectivity index (χ1n) is 11.7. The average molecular weight is 472 g/mol. The second kappa shape index (κ2) is 14.6. The van der Waals surface area contributed by atoms with Gasteiger partial charge in [-0.25, -0.2) is 19.2 Å². The van der Waals surface area contributed by atoms with Gasteiger partial charge in [-0.3, -0.25) is 4.90 Å². The number of hydrogen-bond donors (Lipinski definition) is 3. The highest BCUT2D eigenvalue weighted by Crippen LogP contribution is 2.11. The van der Waals surface area contributed by atoms with E-state index >= 15 is 0 Å². The molecule has 0 aromatic carbocycles. The van der Waals surface area contributed by atoms with E-state index in [1.165, 1.54) is 14.2 Å². The zero-order valence-electron chi connectivity index (χ0n) is 20.8. The summed E-state index contributed by atoms with van der Waals surface area (Å²) in [5.41, 5.74) is 0. The number of ether oxygens (including phenoxy) is 2. The van der Waals surface area contributed by atoms with E-state index in [9.17, 15) is 19.2 Å². The van der Waals surface area contributed by atoms with Crippen molar-refractivity contribution in [1.29, 1.82) is 0 Å². The summed E-state index contributed by atoms with van der Waals surface area (Å²) in [6, 6.07) is -2.05. The zero-order chi connectivity index (χ0) is 25.0. The third-order valence-corrected chi connectivity index (χ3v) is 6.27. The predicted molar refractivity (Wildman–Crippen MR) is 124 cm³/mol. The SMILES string of the molecule is CCC(C)C(NC(=O)NCCN1CCN(C(=O)NC(C(=O)OC)C(C)CC)CC1)C(=O)OC. The molecule has 190 valence electrons. The van der Waals surface area contributed by atoms with Crippen LogP contribution in [-0.2, 0) is 19.1 Å². The summed E-state index contributed by atoms with van der Waals surface area (Å²) in [6.45, 7) is 11.1. The van der Waals surface area contributed by atoms with Crippen LogP contribution in [0.15, 0.2) is 0 Å². The van der Waals surface area contributed by atoms with Crippen molar-refractivity contribution in [3.8, 4) is 0 Å². The number of nitrogens with zero attached hydrogens (tertiary/aromatic N) is 2. The lowest BCUT2D eigenvalue weighted by atomic mass is 9.99. The summed E-state index contributed by atoms with van der Waals surface area (Å²) in [5.74, 6) is -0.972. The van der Waals surface area contributed by atoms with Crippen molar-refractivity contribution in [3.63, 3.8) is 0 Å². The van der Waals surface area contributed by atoms with Crippen molar-refractivity contribution in [1.82, 2.24) is 25.8 Å². The molecule has 0 bridgehead atoms. The molecule has 0 saturated carbocycles. The van der Waals surface area contributed by atoms with Gasteiger partial charge < -0.3 is 30.3 Å². The molecule has 1 rings (SSSR count). The predicted octanol–water partition coefficient (Wildman–Crippen LogP) is 0.788. The summed E-state index contributed by atoms with van der Waals surface area (Å²) < 4.78 is 9.60. The standard InChI is InChI=1S/C22H41N5O6/c1-7-15(3)17(19(28)32-5)24-21(30)23-9-10-26-11-13-27(14-12-26)22(31)25-18(16(4)8-2)20(29)33-6/h15-18H,7-14H2,1-6H3,(H,25,31)(H2,23,24,30). The molecule has 0 spiro atoms. The molecule has 0 aromatic heterocycles. The van der Waals surface area contributed by atoms with Gasteiger partial charge in [-0.2, -0.15) is 0 Å². The zero-order valence-corrected chi connectivity index (χ0v) is 20.8. The molecule has 4 amide bonds. The van der Waals surface area contributed by atoms with Gasteiger partial charge in [-0.1, -0.05) is 40.5 Å². The fourth-order valence-corrected chi connectivity index (χ4v) is 3.51. The smallest absolute Gasteiger partial charge is 0.328 e. The van der Waals surface area contributed by atoms with Gasteiger partial charge in [0.1, 0.15) is 12.1 Å². The molecule has 11 nitrogen and oxygen atoms in total. The molecule has 0 aliphatic carbocycles. The molecule has 1 aliphatic heterocycles. The Morgan fingerprint density at radius 2 is 1.30 bits per heavy atom. The first-order chi connectivity index (χ1) is 15.7. The number of nitrogens with one attached hydrogen (secondary N) is 3. The summed E-state index contributed by atoms with van der Waals surface area (Å²) in [5, 5.41) is 8.25. The lowest BCUT2D eigenvalue weighted by molar-refractivity contribution is -0.145. The van der Waals surface area contributed by atoms with Crippen LogP contribution in [0.5, 0.6) is 0 Å². The molecule has 3 N–H and O–H groups in total. The molecular formula is C22H41N5O6. The van der Waals surface area contributed by atoms with Crippen LogP contribution in [0.25, 0.3) is 0 Å². The maximum absolute atomic E-state index is 12.6. The third-order valence-electron chi connectivity index (χ3n) is 6.27. The maximum Gasteiger partial charge on any atom is 0.328 e. The summed E-state index contributed by atoms with van der Waals surface area (Å²) in [6.07, 6.45) is 1.47. The Morgan fingerprint density at radius 3 is 1.76 bits per heavy atom. The molecule has 0 aromatic rings. The molecule has 33 heavy (non-hydrogen) atoms. The largest absolute Gasteiger partial charge is 0.467 e. The number of rotatable bonds is 11. The normalized spacial score (nSPS) is 17.8. The molecule has 11 heteroatoms. The van der Waals surface area contributed by atoms with Gasteiger partial charge in [-0.05, 0) is 11.8 Å². The maximum atomic E-state index is 12.6. The van der Waals surface area contributed by atoms with Gasteiger partial charge in [0.15, 0.2) is 0 Å². The van der Waals surface area contributed by atoms with Crippen LogP contribution in [0.3, 0.4) is 0 Å². The highest BCUT2D eigenvalue weighted by molar-refractivity contribution is 5.84. The molecule has 1 fully saturated rings. The fourth-order valence-electron chi connectivity index (χ4n) is 3.51. The van der Waals surface area contributed by atoms with E-state index in [0.717, 1.165) is 12.8 Å². The Hall–Kier alpha value is -2.56. The second-order valence-electron chi connectivity index (χ2n) is 8.45. The Bertz CT molecular complexity index is 650. The van der Waals surface area contributed by atoms with Crippen LogP contribution in [0.2, 0.25) is 0 Å². The van der Waals surface area contributed by atoms with E-state index in [4.69, 9.17) is 9.47 Å². The van der Waals surface area contributed by atoms with Crippen LogP contribution in [-0.4, -0.2) is 99.4 Å². The summed E-state index contributed by atoms with van der Waals surface area (Å²) in [4.78, 5) is 52.5. The van der Waals surface area contributed by atoms with Crippen LogP contribution < -0.4 is 16.0 Å². The van der Waals surface area contributed by atoms with Crippen molar-refractivity contribution in [3.05, 3.63) is 0 Å². The molecular weight excluding hydrogens is 430 g/mol. The van der Waals surface area contributed by atoms with Crippen molar-refractivity contribution < 1.29 is 28.7 Å². The van der Waals surface area contributed by atoms with E-state index in [-0.39, 0.29) is 17.9 Å². The quantitative estimate of drug-likeness (QED) is 0.380. The van der Waals surface area contributed by atoms with Crippen LogP contribution in [0, 0.1) is 11.8 Å². The van der Waals surface area contributed by atoms with E-state index in [2.05, 4.69) is 20.9 Å². The molecule has 0 radical (unpaired) electrons. The minimum atomic E-state index is -0.689. The highest BCUT2D eigenvalue weighted by atomic mass is 16.5. The second-order valence-corrected chi connectivity index (χ2v) is 8.45. The van der Waals surface area contributed by atoms with Gasteiger partial charge in [0.05, 0.1) is 14.2 Å². The number of amides is 4. The van der Waals surface area contributed by atoms with Crippen LogP contribution in [0.4, 0.5) is 9.59 Å². The molecule has 4 unspecified atom stereocenters. The van der Waals surface area contributed by atoms with Gasteiger partial charge in [0.25, 0.3) is 0 Å². The first-order valence-corrected chi connectivity index (χ1v) is 11.7. The van der Waals surface area contributed by atoms with E-state index in [1.54, 1.807) is 4.90 Å². The fraction of sp³-hybridized carbons (Fsp3) is 0.818. The number of carbonyl (C=O) groups excluding carboxylic acids is 4. The van der Waals surface area contributed by atoms with Crippen LogP contribution >= 0.6 is 0 Å². The molecule has 1 aliphatic rings. The van der Waals surface area contributed by atoms with E-state index in [0.29, 0.717) is 39.3 Å². The topological polar surface area (TPSA) is 129 Å². The van der Waals surface area contributed by atoms with Gasteiger partial charge in [-0.15, -0.1) is 0 Å². The number of esters is 2. The molecule has 4 atom stereocenters. The number of piperazine rings is 1. The van der Waals surface area contributed by atoms with Crippen molar-refractivity contribution in [2.24, 2.45) is 11.8 Å². The number of methoxy groups -OCH3 is 2. The van der Waals surface area contributed by atoms with Crippen molar-refractivity contribution in [2.45, 2.75) is 52.6 Å².